The van der Waals surface area contributed by atoms with Gasteiger partial charge in [0.05, 0.1) is 18.1 Å². The molecule has 0 atom stereocenters. The van der Waals surface area contributed by atoms with E-state index in [-0.39, 0.29) is 12.5 Å². The largest absolute Gasteiger partial charge is 0.491 e. The number of benzene rings is 1. The van der Waals surface area contributed by atoms with Gasteiger partial charge in [0.25, 0.3) is 0 Å². The number of methoxy groups -OCH3 is 1. The maximum absolute atomic E-state index is 11.0. The van der Waals surface area contributed by atoms with E-state index in [0.717, 1.165) is 10.2 Å². The Morgan fingerprint density at radius 1 is 1.50 bits per heavy atom. The van der Waals surface area contributed by atoms with E-state index in [0.29, 0.717) is 18.2 Å². The fraction of sp³-hybridized carbons (Fsp3) is 0.417. The molecular weight excluding hydrogens is 321 g/mol. The highest BCUT2D eigenvalue weighted by Gasteiger charge is 2.07. The molecule has 0 heterocycles. The lowest BCUT2D eigenvalue weighted by Crippen LogP contribution is -2.30. The van der Waals surface area contributed by atoms with Gasteiger partial charge in [-0.15, -0.1) is 0 Å². The van der Waals surface area contributed by atoms with E-state index < -0.39 is 0 Å². The molecule has 18 heavy (non-hydrogen) atoms. The molecule has 1 aromatic carbocycles. The van der Waals surface area contributed by atoms with Crippen LogP contribution < -0.4 is 4.74 Å². The van der Waals surface area contributed by atoms with Crippen molar-refractivity contribution in [1.82, 2.24) is 4.90 Å². The number of ether oxygens (including phenoxy) is 2. The van der Waals surface area contributed by atoms with E-state index in [9.17, 15) is 4.79 Å². The van der Waals surface area contributed by atoms with Gasteiger partial charge in [-0.25, -0.2) is 0 Å². The van der Waals surface area contributed by atoms with Crippen molar-refractivity contribution < 1.29 is 14.3 Å². The average Bonchev–Trinajstić information content (AvgIpc) is 2.31. The van der Waals surface area contributed by atoms with E-state index in [1.807, 2.05) is 11.9 Å². The maximum atomic E-state index is 11.0. The summed E-state index contributed by atoms with van der Waals surface area (Å²) in [6, 6.07) is 5.33. The standard InChI is InChI=1S/C12H15BrClNO3/c1-15(8-12(16)17-2)5-6-18-11-4-3-9(14)7-10(11)13/h3-4,7H,5-6,8H2,1-2H3. The van der Waals surface area contributed by atoms with Gasteiger partial charge in [0.2, 0.25) is 0 Å². The van der Waals surface area contributed by atoms with Gasteiger partial charge in [-0.1, -0.05) is 11.6 Å². The zero-order chi connectivity index (χ0) is 13.5. The molecule has 0 saturated heterocycles. The van der Waals surface area contributed by atoms with E-state index in [1.54, 1.807) is 18.2 Å². The number of likely N-dealkylation sites (N-methyl/N-ethyl adjacent to an activating group) is 1. The molecule has 0 amide bonds. The fourth-order valence-electron chi connectivity index (χ4n) is 1.27. The fourth-order valence-corrected chi connectivity index (χ4v) is 2.06. The van der Waals surface area contributed by atoms with Gasteiger partial charge in [0, 0.05) is 11.6 Å². The molecule has 1 aromatic rings. The Kier molecular flexibility index (Phi) is 6.46. The van der Waals surface area contributed by atoms with Crippen LogP contribution in [0.1, 0.15) is 0 Å². The van der Waals surface area contributed by atoms with Crippen molar-refractivity contribution >= 4 is 33.5 Å². The molecule has 0 saturated carbocycles. The lowest BCUT2D eigenvalue weighted by atomic mass is 10.3. The number of esters is 1. The summed E-state index contributed by atoms with van der Waals surface area (Å²) >= 11 is 9.20. The normalized spacial score (nSPS) is 10.5. The third-order valence-electron chi connectivity index (χ3n) is 2.25. The van der Waals surface area contributed by atoms with E-state index in [2.05, 4.69) is 20.7 Å². The molecule has 0 aliphatic rings. The van der Waals surface area contributed by atoms with Crippen molar-refractivity contribution in [3.05, 3.63) is 27.7 Å². The highest BCUT2D eigenvalue weighted by Crippen LogP contribution is 2.27. The van der Waals surface area contributed by atoms with Crippen molar-refractivity contribution in [2.75, 3.05) is 33.9 Å². The van der Waals surface area contributed by atoms with Crippen LogP contribution in [0.5, 0.6) is 5.75 Å². The summed E-state index contributed by atoms with van der Waals surface area (Å²) in [5, 5.41) is 0.650. The number of rotatable bonds is 6. The first kappa shape index (κ1) is 15.3. The van der Waals surface area contributed by atoms with Gasteiger partial charge in [-0.05, 0) is 41.2 Å². The molecule has 100 valence electrons. The van der Waals surface area contributed by atoms with Crippen molar-refractivity contribution in [2.24, 2.45) is 0 Å². The molecule has 0 aromatic heterocycles. The van der Waals surface area contributed by atoms with Crippen molar-refractivity contribution in [3.8, 4) is 5.75 Å². The Morgan fingerprint density at radius 3 is 2.83 bits per heavy atom. The van der Waals surface area contributed by atoms with E-state index in [4.69, 9.17) is 16.3 Å². The Bertz CT molecular complexity index is 414. The first-order valence-electron chi connectivity index (χ1n) is 5.36. The molecular formula is C12H15BrClNO3. The van der Waals surface area contributed by atoms with Gasteiger partial charge in [0.15, 0.2) is 0 Å². The van der Waals surface area contributed by atoms with Crippen LogP contribution in [0.2, 0.25) is 5.02 Å². The minimum Gasteiger partial charge on any atom is -0.491 e. The average molecular weight is 337 g/mol. The van der Waals surface area contributed by atoms with Crippen LogP contribution in [0.3, 0.4) is 0 Å². The SMILES string of the molecule is COC(=O)CN(C)CCOc1ccc(Cl)cc1Br. The number of hydrogen-bond acceptors (Lipinski definition) is 4. The van der Waals surface area contributed by atoms with Crippen LogP contribution in [-0.4, -0.2) is 44.7 Å². The lowest BCUT2D eigenvalue weighted by molar-refractivity contribution is -0.141. The number of nitrogens with zero attached hydrogens (tertiary/aromatic N) is 1. The molecule has 0 aliphatic carbocycles. The molecule has 0 radical (unpaired) electrons. The second kappa shape index (κ2) is 7.61. The van der Waals surface area contributed by atoms with Crippen molar-refractivity contribution in [3.63, 3.8) is 0 Å². The Morgan fingerprint density at radius 2 is 2.22 bits per heavy atom. The summed E-state index contributed by atoms with van der Waals surface area (Å²) in [7, 11) is 3.20. The molecule has 0 aliphatic heterocycles. The Labute approximate surface area is 120 Å². The van der Waals surface area contributed by atoms with Gasteiger partial charge >= 0.3 is 5.97 Å². The number of carbonyl (C=O) groups is 1. The quantitative estimate of drug-likeness (QED) is 0.749. The molecule has 4 nitrogen and oxygen atoms in total. The van der Waals surface area contributed by atoms with Gasteiger partial charge in [0.1, 0.15) is 12.4 Å². The molecule has 0 bridgehead atoms. The first-order valence-corrected chi connectivity index (χ1v) is 6.53. The highest BCUT2D eigenvalue weighted by atomic mass is 79.9. The number of halogens is 2. The summed E-state index contributed by atoms with van der Waals surface area (Å²) in [5.74, 6) is 0.469. The maximum Gasteiger partial charge on any atom is 0.319 e. The Hall–Kier alpha value is -0.780. The number of carbonyl (C=O) groups excluding carboxylic acids is 1. The molecule has 1 rings (SSSR count). The topological polar surface area (TPSA) is 38.8 Å². The molecule has 0 N–H and O–H groups in total. The van der Waals surface area contributed by atoms with Crippen LogP contribution in [0.25, 0.3) is 0 Å². The molecule has 6 heteroatoms. The summed E-state index contributed by atoms with van der Waals surface area (Å²) in [5.41, 5.74) is 0. The van der Waals surface area contributed by atoms with E-state index in [1.165, 1.54) is 7.11 Å². The van der Waals surface area contributed by atoms with Crippen molar-refractivity contribution in [2.45, 2.75) is 0 Å². The summed E-state index contributed by atoms with van der Waals surface area (Å²) < 4.78 is 11.0. The van der Waals surface area contributed by atoms with Gasteiger partial charge < -0.3 is 9.47 Å². The first-order chi connectivity index (χ1) is 8.52. The second-order valence-electron chi connectivity index (χ2n) is 3.74. The molecule has 0 fully saturated rings. The predicted molar refractivity (Wildman–Crippen MR) is 74.2 cm³/mol. The van der Waals surface area contributed by atoms with Gasteiger partial charge in [-0.2, -0.15) is 0 Å². The predicted octanol–water partition coefficient (Wildman–Crippen LogP) is 2.59. The highest BCUT2D eigenvalue weighted by molar-refractivity contribution is 9.10. The van der Waals surface area contributed by atoms with E-state index >= 15 is 0 Å². The zero-order valence-electron chi connectivity index (χ0n) is 10.3. The third kappa shape index (κ3) is 5.25. The minimum absolute atomic E-state index is 0.252. The summed E-state index contributed by atoms with van der Waals surface area (Å²) in [6.07, 6.45) is 0. The molecule has 0 unspecified atom stereocenters. The van der Waals surface area contributed by atoms with Crippen molar-refractivity contribution in [1.29, 1.82) is 0 Å². The summed E-state index contributed by atoms with van der Waals surface area (Å²) in [6.45, 7) is 1.36. The van der Waals surface area contributed by atoms with Crippen LogP contribution in [0.15, 0.2) is 22.7 Å². The van der Waals surface area contributed by atoms with Crippen LogP contribution in [0, 0.1) is 0 Å². The smallest absolute Gasteiger partial charge is 0.319 e. The van der Waals surface area contributed by atoms with Crippen LogP contribution in [-0.2, 0) is 9.53 Å². The minimum atomic E-state index is -0.259. The van der Waals surface area contributed by atoms with Crippen LogP contribution >= 0.6 is 27.5 Å². The molecule has 0 spiro atoms. The monoisotopic (exact) mass is 335 g/mol. The zero-order valence-corrected chi connectivity index (χ0v) is 12.6. The third-order valence-corrected chi connectivity index (χ3v) is 3.11. The van der Waals surface area contributed by atoms with Gasteiger partial charge in [-0.3, -0.25) is 9.69 Å². The Balaban J connectivity index is 2.35. The second-order valence-corrected chi connectivity index (χ2v) is 5.03. The van der Waals surface area contributed by atoms with Crippen LogP contribution in [0.4, 0.5) is 0 Å². The number of hydrogen-bond donors (Lipinski definition) is 0. The summed E-state index contributed by atoms with van der Waals surface area (Å²) in [4.78, 5) is 12.8. The lowest BCUT2D eigenvalue weighted by Gasteiger charge is -2.15.